The molecular weight excluding hydrogens is 558 g/mol. The van der Waals surface area contributed by atoms with E-state index in [1.54, 1.807) is 6.92 Å². The summed E-state index contributed by atoms with van der Waals surface area (Å²) < 4.78 is 18.0. The lowest BCUT2D eigenvalue weighted by atomic mass is 9.90. The van der Waals surface area contributed by atoms with Crippen LogP contribution in [0, 0.1) is 5.92 Å². The summed E-state index contributed by atoms with van der Waals surface area (Å²) in [5.41, 5.74) is 5.78. The minimum Gasteiger partial charge on any atom is -0.465 e. The quantitative estimate of drug-likeness (QED) is 0.184. The first-order valence-corrected chi connectivity index (χ1v) is 15.0. The van der Waals surface area contributed by atoms with E-state index in [9.17, 15) is 14.7 Å². The predicted molar refractivity (Wildman–Crippen MR) is 169 cm³/mol. The molecule has 0 bridgehead atoms. The van der Waals surface area contributed by atoms with Crippen LogP contribution < -0.4 is 10.6 Å². The van der Waals surface area contributed by atoms with Crippen LogP contribution in [-0.2, 0) is 32.2 Å². The molecule has 3 N–H and O–H groups in total. The van der Waals surface area contributed by atoms with Gasteiger partial charge in [0.05, 0.1) is 25.4 Å². The topological polar surface area (TPSA) is 109 Å². The Morgan fingerprint density at radius 3 is 2.39 bits per heavy atom. The molecule has 44 heavy (non-hydrogen) atoms. The maximum Gasteiger partial charge on any atom is 0.325 e. The number of aliphatic hydroxyl groups excluding tert-OH is 1. The van der Waals surface area contributed by atoms with Crippen LogP contribution in [-0.4, -0.2) is 61.4 Å². The number of nitrogens with one attached hydrogen (secondary N) is 2. The van der Waals surface area contributed by atoms with Crippen molar-refractivity contribution in [1.29, 1.82) is 0 Å². The molecule has 0 aromatic heterocycles. The largest absolute Gasteiger partial charge is 0.465 e. The molecule has 9 heteroatoms. The van der Waals surface area contributed by atoms with Gasteiger partial charge in [0.2, 0.25) is 0 Å². The molecule has 4 unspecified atom stereocenters. The zero-order valence-electron chi connectivity index (χ0n) is 25.7. The summed E-state index contributed by atoms with van der Waals surface area (Å²) in [4.78, 5) is 25.7. The van der Waals surface area contributed by atoms with Gasteiger partial charge in [-0.05, 0) is 47.9 Å². The van der Waals surface area contributed by atoms with Crippen molar-refractivity contribution in [2.45, 2.75) is 45.5 Å². The van der Waals surface area contributed by atoms with Crippen LogP contribution in [0.3, 0.4) is 0 Å². The number of carbonyl (C=O) groups excluding carboxylic acids is 2. The van der Waals surface area contributed by atoms with Crippen molar-refractivity contribution in [1.82, 2.24) is 15.5 Å². The van der Waals surface area contributed by atoms with Crippen molar-refractivity contribution in [2.75, 3.05) is 33.3 Å². The third-order valence-corrected chi connectivity index (χ3v) is 7.65. The SMILES string of the molecule is C=CCN(C)CC1OC(c2ccc(-c3cccc(CNC(=O)NCC(=O)OCC)c3)cc2)OC(c2ccc(CO)cc2)C1C. The standard InChI is InChI=1S/C35H43N3O6/c1-5-18-38(4)22-31-24(3)33(28-12-10-25(23-39)11-13-28)44-34(43-31)29-16-14-27(15-17-29)30-9-7-8-26(19-30)20-36-35(41)37-21-32(40)42-6-2/h5,7-17,19,24,31,33-34,39H,1,6,18,20-23H2,2-4H3,(H2,36,37,41). The van der Waals surface area contributed by atoms with Crippen molar-refractivity contribution >= 4 is 12.0 Å². The third kappa shape index (κ3) is 9.00. The van der Waals surface area contributed by atoms with Gasteiger partial charge in [-0.25, -0.2) is 4.79 Å². The second-order valence-corrected chi connectivity index (χ2v) is 11.0. The monoisotopic (exact) mass is 601 g/mol. The van der Waals surface area contributed by atoms with Crippen LogP contribution in [0.15, 0.2) is 85.5 Å². The first kappa shape index (κ1) is 32.9. The molecule has 3 aromatic carbocycles. The molecule has 1 fully saturated rings. The normalized spacial score (nSPS) is 19.8. The average Bonchev–Trinajstić information content (AvgIpc) is 3.04. The smallest absolute Gasteiger partial charge is 0.325 e. The van der Waals surface area contributed by atoms with E-state index in [1.165, 1.54) is 0 Å². The van der Waals surface area contributed by atoms with Crippen LogP contribution >= 0.6 is 0 Å². The lowest BCUT2D eigenvalue weighted by Crippen LogP contribution is -2.43. The van der Waals surface area contributed by atoms with Crippen LogP contribution in [0.4, 0.5) is 4.79 Å². The minimum atomic E-state index is -0.548. The highest BCUT2D eigenvalue weighted by Gasteiger charge is 2.38. The Labute approximate surface area is 259 Å². The van der Waals surface area contributed by atoms with Crippen molar-refractivity contribution in [2.24, 2.45) is 5.92 Å². The van der Waals surface area contributed by atoms with Gasteiger partial charge in [-0.1, -0.05) is 79.7 Å². The Hall–Kier alpha value is -4.02. The van der Waals surface area contributed by atoms with E-state index in [2.05, 4.69) is 36.1 Å². The van der Waals surface area contributed by atoms with E-state index >= 15 is 0 Å². The number of benzene rings is 3. The molecule has 0 aliphatic carbocycles. The number of ether oxygens (including phenoxy) is 3. The lowest BCUT2D eigenvalue weighted by Gasteiger charge is -2.42. The molecule has 1 heterocycles. The second kappa shape index (κ2) is 16.2. The molecule has 2 amide bonds. The summed E-state index contributed by atoms with van der Waals surface area (Å²) in [6.07, 6.45) is 1.09. The van der Waals surface area contributed by atoms with Gasteiger partial charge in [-0.2, -0.15) is 0 Å². The van der Waals surface area contributed by atoms with Crippen LogP contribution in [0.25, 0.3) is 11.1 Å². The van der Waals surface area contributed by atoms with Gasteiger partial charge in [-0.3, -0.25) is 4.79 Å². The molecule has 9 nitrogen and oxygen atoms in total. The number of esters is 1. The third-order valence-electron chi connectivity index (χ3n) is 7.65. The lowest BCUT2D eigenvalue weighted by molar-refractivity contribution is -0.275. The highest BCUT2D eigenvalue weighted by molar-refractivity contribution is 5.80. The number of hydrogen-bond acceptors (Lipinski definition) is 7. The number of likely N-dealkylation sites (N-methyl/N-ethyl adjacent to an activating group) is 1. The Kier molecular flexibility index (Phi) is 12.1. The summed E-state index contributed by atoms with van der Waals surface area (Å²) in [5.74, 6) is -0.379. The summed E-state index contributed by atoms with van der Waals surface area (Å²) in [7, 11) is 2.06. The molecule has 4 atom stereocenters. The zero-order valence-corrected chi connectivity index (χ0v) is 25.7. The summed E-state index contributed by atoms with van der Waals surface area (Å²) in [6.45, 7) is 9.63. The van der Waals surface area contributed by atoms with Crippen molar-refractivity contribution in [3.05, 3.63) is 108 Å². The van der Waals surface area contributed by atoms with E-state index in [-0.39, 0.29) is 37.9 Å². The van der Waals surface area contributed by atoms with E-state index in [0.29, 0.717) is 6.54 Å². The van der Waals surface area contributed by atoms with Crippen LogP contribution in [0.5, 0.6) is 0 Å². The molecule has 1 aliphatic rings. The Balaban J connectivity index is 1.46. The summed E-state index contributed by atoms with van der Waals surface area (Å²) in [6, 6.07) is 23.5. The minimum absolute atomic E-state index is 0.000289. The maximum atomic E-state index is 12.1. The molecule has 1 saturated heterocycles. The van der Waals surface area contributed by atoms with Crippen molar-refractivity contribution in [3.63, 3.8) is 0 Å². The van der Waals surface area contributed by atoms with Gasteiger partial charge in [-0.15, -0.1) is 6.58 Å². The van der Waals surface area contributed by atoms with Gasteiger partial charge < -0.3 is 34.9 Å². The summed E-state index contributed by atoms with van der Waals surface area (Å²) in [5, 5.41) is 14.8. The zero-order chi connectivity index (χ0) is 31.5. The second-order valence-electron chi connectivity index (χ2n) is 11.0. The highest BCUT2D eigenvalue weighted by atomic mass is 16.7. The van der Waals surface area contributed by atoms with E-state index in [1.807, 2.05) is 78.9 Å². The predicted octanol–water partition coefficient (Wildman–Crippen LogP) is 5.12. The number of amides is 2. The van der Waals surface area contributed by atoms with Crippen molar-refractivity contribution in [3.8, 4) is 11.1 Å². The highest BCUT2D eigenvalue weighted by Crippen LogP contribution is 2.42. The molecule has 3 aromatic rings. The fraction of sp³-hybridized carbons (Fsp3) is 0.371. The molecule has 0 spiro atoms. The van der Waals surface area contributed by atoms with E-state index in [0.717, 1.165) is 46.5 Å². The number of urea groups is 1. The number of rotatable bonds is 13. The van der Waals surface area contributed by atoms with Crippen LogP contribution in [0.2, 0.25) is 0 Å². The molecule has 0 saturated carbocycles. The molecule has 4 rings (SSSR count). The maximum absolute atomic E-state index is 12.1. The number of hydrogen-bond donors (Lipinski definition) is 3. The summed E-state index contributed by atoms with van der Waals surface area (Å²) >= 11 is 0. The Morgan fingerprint density at radius 1 is 0.977 bits per heavy atom. The Bertz CT molecular complexity index is 1380. The van der Waals surface area contributed by atoms with Gasteiger partial charge in [0, 0.05) is 31.1 Å². The number of nitrogens with zero attached hydrogens (tertiary/aromatic N) is 1. The van der Waals surface area contributed by atoms with Gasteiger partial charge in [0.25, 0.3) is 0 Å². The van der Waals surface area contributed by atoms with Crippen LogP contribution in [0.1, 0.15) is 48.5 Å². The fourth-order valence-electron chi connectivity index (χ4n) is 5.23. The fourth-order valence-corrected chi connectivity index (χ4v) is 5.23. The molecule has 1 aliphatic heterocycles. The van der Waals surface area contributed by atoms with E-state index in [4.69, 9.17) is 14.2 Å². The van der Waals surface area contributed by atoms with Gasteiger partial charge in [0.15, 0.2) is 6.29 Å². The average molecular weight is 602 g/mol. The van der Waals surface area contributed by atoms with E-state index < -0.39 is 18.3 Å². The first-order valence-electron chi connectivity index (χ1n) is 15.0. The molecular formula is C35H43N3O6. The molecule has 0 radical (unpaired) electrons. The first-order chi connectivity index (χ1) is 21.3. The molecule has 234 valence electrons. The number of carbonyl (C=O) groups is 2. The Morgan fingerprint density at radius 2 is 1.70 bits per heavy atom. The van der Waals surface area contributed by atoms with Gasteiger partial charge >= 0.3 is 12.0 Å². The van der Waals surface area contributed by atoms with Crippen molar-refractivity contribution < 1.29 is 28.9 Å². The number of aliphatic hydroxyl groups is 1. The van der Waals surface area contributed by atoms with Gasteiger partial charge in [0.1, 0.15) is 6.54 Å².